The Labute approximate surface area is 137 Å². The van der Waals surface area contributed by atoms with Crippen molar-refractivity contribution in [3.05, 3.63) is 35.9 Å². The summed E-state index contributed by atoms with van der Waals surface area (Å²) in [7, 11) is 3.31. The summed E-state index contributed by atoms with van der Waals surface area (Å²) in [5, 5.41) is 9.06. The molecule has 2 rings (SSSR count). The first-order valence-corrected chi connectivity index (χ1v) is 7.42. The van der Waals surface area contributed by atoms with Crippen LogP contribution in [0.3, 0.4) is 0 Å². The van der Waals surface area contributed by atoms with Crippen molar-refractivity contribution in [2.24, 2.45) is 11.8 Å². The average Bonchev–Trinajstić information content (AvgIpc) is 2.93. The number of hydrogen-bond donors (Lipinski definition) is 1. The molecule has 0 aromatic heterocycles. The van der Waals surface area contributed by atoms with E-state index in [2.05, 4.69) is 0 Å². The number of carboxylic acids is 1. The molecule has 1 unspecified atom stereocenters. The van der Waals surface area contributed by atoms with E-state index in [9.17, 15) is 22.8 Å². The van der Waals surface area contributed by atoms with Crippen LogP contribution >= 0.6 is 0 Å². The molecule has 132 valence electrons. The first-order valence-electron chi connectivity index (χ1n) is 7.42. The maximum absolute atomic E-state index is 13.1. The lowest BCUT2D eigenvalue weighted by molar-refractivity contribution is -0.188. The molecule has 1 saturated heterocycles. The fourth-order valence-electron chi connectivity index (χ4n) is 3.04. The molecule has 8 heteroatoms. The van der Waals surface area contributed by atoms with Crippen molar-refractivity contribution in [2.75, 3.05) is 27.2 Å². The van der Waals surface area contributed by atoms with E-state index in [0.717, 1.165) is 4.90 Å². The van der Waals surface area contributed by atoms with E-state index in [1.165, 1.54) is 0 Å². The molecule has 0 spiro atoms. The van der Waals surface area contributed by atoms with E-state index in [1.54, 1.807) is 49.3 Å². The van der Waals surface area contributed by atoms with Gasteiger partial charge in [0.2, 0.25) is 5.91 Å². The van der Waals surface area contributed by atoms with Gasteiger partial charge in [0, 0.05) is 13.1 Å². The Hall–Kier alpha value is -2.09. The number of rotatable bonds is 4. The molecule has 1 aromatic rings. The molecule has 1 aliphatic rings. The largest absolute Gasteiger partial charge is 0.481 e. The number of halogens is 3. The first kappa shape index (κ1) is 18.3. The number of carbonyl (C=O) groups excluding carboxylic acids is 1. The van der Waals surface area contributed by atoms with Crippen molar-refractivity contribution in [3.63, 3.8) is 0 Å². The lowest BCUT2D eigenvalue weighted by atomic mass is 9.96. The second kappa shape index (κ2) is 6.80. The van der Waals surface area contributed by atoms with Crippen LogP contribution in [0.25, 0.3) is 0 Å². The maximum atomic E-state index is 13.1. The molecule has 0 radical (unpaired) electrons. The molecule has 1 N–H and O–H groups in total. The average molecular weight is 344 g/mol. The molecule has 1 fully saturated rings. The van der Waals surface area contributed by atoms with E-state index in [1.807, 2.05) is 0 Å². The van der Waals surface area contributed by atoms with Gasteiger partial charge in [-0.25, -0.2) is 0 Å². The first-order chi connectivity index (χ1) is 11.1. The van der Waals surface area contributed by atoms with Gasteiger partial charge in [0.25, 0.3) is 0 Å². The summed E-state index contributed by atoms with van der Waals surface area (Å²) in [6.07, 6.45) is -4.65. The highest BCUT2D eigenvalue weighted by Gasteiger charge is 2.54. The van der Waals surface area contributed by atoms with Crippen LogP contribution in [0, 0.1) is 11.8 Å². The second-order valence-electron chi connectivity index (χ2n) is 6.11. The standard InChI is InChI=1S/C16H19F3N2O3/c1-20(2)13(10-6-4-3-5-7-10)14(22)21-8-11(15(23)24)12(9-21)16(17,18)19/h3-7,11-13H,8-9H2,1-2H3,(H,23,24)/t11-,12-,13?/m1/s1. The minimum absolute atomic E-state index is 0.435. The Balaban J connectivity index is 2.27. The summed E-state index contributed by atoms with van der Waals surface area (Å²) < 4.78 is 39.2. The normalized spacial score (nSPS) is 22.7. The zero-order chi connectivity index (χ0) is 18.1. The van der Waals surface area contributed by atoms with Gasteiger partial charge in [0.15, 0.2) is 0 Å². The maximum Gasteiger partial charge on any atom is 0.394 e. The third-order valence-electron chi connectivity index (χ3n) is 4.23. The summed E-state index contributed by atoms with van der Waals surface area (Å²) in [6.45, 7) is -1.06. The van der Waals surface area contributed by atoms with Crippen molar-refractivity contribution in [3.8, 4) is 0 Å². The summed E-state index contributed by atoms with van der Waals surface area (Å²) in [6, 6.07) is 7.93. The van der Waals surface area contributed by atoms with Gasteiger partial charge >= 0.3 is 12.1 Å². The zero-order valence-corrected chi connectivity index (χ0v) is 13.3. The van der Waals surface area contributed by atoms with Crippen LogP contribution in [0.1, 0.15) is 11.6 Å². The van der Waals surface area contributed by atoms with E-state index in [-0.39, 0.29) is 0 Å². The topological polar surface area (TPSA) is 60.9 Å². The molecular formula is C16H19F3N2O3. The van der Waals surface area contributed by atoms with Crippen molar-refractivity contribution in [2.45, 2.75) is 12.2 Å². The molecule has 5 nitrogen and oxygen atoms in total. The lowest BCUT2D eigenvalue weighted by Crippen LogP contribution is -2.40. The smallest absolute Gasteiger partial charge is 0.394 e. The quantitative estimate of drug-likeness (QED) is 0.908. The van der Waals surface area contributed by atoms with Gasteiger partial charge in [-0.1, -0.05) is 30.3 Å². The zero-order valence-electron chi connectivity index (χ0n) is 13.3. The molecule has 0 aliphatic carbocycles. The third kappa shape index (κ3) is 3.69. The van der Waals surface area contributed by atoms with Gasteiger partial charge in [-0.15, -0.1) is 0 Å². The highest BCUT2D eigenvalue weighted by atomic mass is 19.4. The molecule has 1 heterocycles. The van der Waals surface area contributed by atoms with Crippen LogP contribution < -0.4 is 0 Å². The highest BCUT2D eigenvalue weighted by Crippen LogP contribution is 2.38. The van der Waals surface area contributed by atoms with Crippen molar-refractivity contribution >= 4 is 11.9 Å². The molecule has 24 heavy (non-hydrogen) atoms. The summed E-state index contributed by atoms with van der Waals surface area (Å²) in [5.74, 6) is -5.73. The number of alkyl halides is 3. The molecule has 1 aliphatic heterocycles. The Morgan fingerprint density at radius 1 is 1.21 bits per heavy atom. The Morgan fingerprint density at radius 2 is 1.79 bits per heavy atom. The van der Waals surface area contributed by atoms with Crippen molar-refractivity contribution in [1.29, 1.82) is 0 Å². The molecule has 1 aromatic carbocycles. The van der Waals surface area contributed by atoms with Crippen LogP contribution in [0.4, 0.5) is 13.2 Å². The van der Waals surface area contributed by atoms with Gasteiger partial charge in [0.05, 0.1) is 11.8 Å². The Kier molecular flexibility index (Phi) is 5.17. The predicted octanol–water partition coefficient (Wildman–Crippen LogP) is 2.01. The molecule has 0 bridgehead atoms. The minimum atomic E-state index is -4.65. The van der Waals surface area contributed by atoms with Gasteiger partial charge in [-0.2, -0.15) is 13.2 Å². The summed E-state index contributed by atoms with van der Waals surface area (Å²) in [4.78, 5) is 26.5. The van der Waals surface area contributed by atoms with Crippen molar-refractivity contribution < 1.29 is 27.9 Å². The second-order valence-corrected chi connectivity index (χ2v) is 6.11. The SMILES string of the molecule is CN(C)C(C(=O)N1C[C@@H](C(F)(F)F)[C@H](C(=O)O)C1)c1ccccc1. The van der Waals surface area contributed by atoms with Crippen molar-refractivity contribution in [1.82, 2.24) is 9.80 Å². The molecule has 0 saturated carbocycles. The van der Waals surface area contributed by atoms with E-state index >= 15 is 0 Å². The fourth-order valence-corrected chi connectivity index (χ4v) is 3.04. The Bertz CT molecular complexity index is 604. The van der Waals surface area contributed by atoms with Crippen LogP contribution in [0.5, 0.6) is 0 Å². The van der Waals surface area contributed by atoms with Crippen LogP contribution in [0.2, 0.25) is 0 Å². The van der Waals surface area contributed by atoms with E-state index in [0.29, 0.717) is 5.56 Å². The van der Waals surface area contributed by atoms with Crippen LogP contribution in [-0.4, -0.2) is 60.1 Å². The number of nitrogens with zero attached hydrogens (tertiary/aromatic N) is 2. The number of amides is 1. The summed E-state index contributed by atoms with van der Waals surface area (Å²) >= 11 is 0. The van der Waals surface area contributed by atoms with Gasteiger partial charge in [0.1, 0.15) is 6.04 Å². The minimum Gasteiger partial charge on any atom is -0.481 e. The molecular weight excluding hydrogens is 325 g/mol. The lowest BCUT2D eigenvalue weighted by Gasteiger charge is -2.28. The number of likely N-dealkylation sites (N-methyl/N-ethyl adjacent to an activating group) is 1. The summed E-state index contributed by atoms with van der Waals surface area (Å²) in [5.41, 5.74) is 0.648. The fraction of sp³-hybridized carbons (Fsp3) is 0.500. The van der Waals surface area contributed by atoms with E-state index in [4.69, 9.17) is 5.11 Å². The molecule has 1 amide bonds. The molecule has 3 atom stereocenters. The Morgan fingerprint density at radius 3 is 2.21 bits per heavy atom. The number of benzene rings is 1. The number of carbonyl (C=O) groups is 2. The number of carboxylic acid groups (broad SMARTS) is 1. The van der Waals surface area contributed by atoms with Crippen LogP contribution in [-0.2, 0) is 9.59 Å². The number of hydrogen-bond acceptors (Lipinski definition) is 3. The van der Waals surface area contributed by atoms with Crippen LogP contribution in [0.15, 0.2) is 30.3 Å². The number of aliphatic carboxylic acids is 1. The number of likely N-dealkylation sites (tertiary alicyclic amines) is 1. The monoisotopic (exact) mass is 344 g/mol. The highest BCUT2D eigenvalue weighted by molar-refractivity contribution is 5.84. The van der Waals surface area contributed by atoms with Gasteiger partial charge in [-0.05, 0) is 19.7 Å². The van der Waals surface area contributed by atoms with Gasteiger partial charge in [-0.3, -0.25) is 14.5 Å². The predicted molar refractivity (Wildman–Crippen MR) is 80.1 cm³/mol. The third-order valence-corrected chi connectivity index (χ3v) is 4.23. The van der Waals surface area contributed by atoms with Gasteiger partial charge < -0.3 is 10.0 Å². The van der Waals surface area contributed by atoms with E-state index < -0.39 is 49.0 Å².